The van der Waals surface area contributed by atoms with Crippen molar-refractivity contribution in [3.05, 3.63) is 24.8 Å². The van der Waals surface area contributed by atoms with Gasteiger partial charge < -0.3 is 10.2 Å². The zero-order valence-corrected chi connectivity index (χ0v) is 11.4. The predicted octanol–water partition coefficient (Wildman–Crippen LogP) is 3.06. The Hall–Kier alpha value is -0.600. The van der Waals surface area contributed by atoms with E-state index in [0.717, 1.165) is 19.3 Å². The minimum absolute atomic E-state index is 0.146. The summed E-state index contributed by atoms with van der Waals surface area (Å²) < 4.78 is 0. The van der Waals surface area contributed by atoms with Gasteiger partial charge in [0.2, 0.25) is 0 Å². The lowest BCUT2D eigenvalue weighted by atomic mass is 9.63. The smallest absolute Gasteiger partial charge is 0.0797 e. The number of aliphatic hydroxyl groups excluding tert-OH is 1. The Labute approximate surface area is 105 Å². The lowest BCUT2D eigenvalue weighted by Crippen LogP contribution is -2.42. The molecule has 2 N–H and O–H groups in total. The van der Waals surface area contributed by atoms with E-state index < -0.39 is 5.60 Å². The average molecular weight is 238 g/mol. The van der Waals surface area contributed by atoms with Crippen molar-refractivity contribution in [3.8, 4) is 0 Å². The van der Waals surface area contributed by atoms with E-state index in [0.29, 0.717) is 6.42 Å². The van der Waals surface area contributed by atoms with Gasteiger partial charge in [0, 0.05) is 0 Å². The summed E-state index contributed by atoms with van der Waals surface area (Å²) in [5, 5.41) is 20.1. The minimum atomic E-state index is -0.821. The third kappa shape index (κ3) is 3.20. The Morgan fingerprint density at radius 2 is 2.12 bits per heavy atom. The molecule has 0 aromatic carbocycles. The van der Waals surface area contributed by atoms with Crippen LogP contribution in [0.15, 0.2) is 24.8 Å². The summed E-state index contributed by atoms with van der Waals surface area (Å²) in [6.45, 7) is 13.7. The van der Waals surface area contributed by atoms with E-state index in [4.69, 9.17) is 0 Å². The van der Waals surface area contributed by atoms with E-state index in [-0.39, 0.29) is 17.4 Å². The van der Waals surface area contributed by atoms with Crippen LogP contribution < -0.4 is 0 Å². The van der Waals surface area contributed by atoms with Gasteiger partial charge in [-0.15, -0.1) is 6.58 Å². The van der Waals surface area contributed by atoms with Gasteiger partial charge in [-0.25, -0.2) is 0 Å². The third-order valence-electron chi connectivity index (χ3n) is 4.37. The van der Waals surface area contributed by atoms with E-state index in [9.17, 15) is 10.2 Å². The van der Waals surface area contributed by atoms with Crippen LogP contribution in [0, 0.1) is 11.3 Å². The molecule has 98 valence electrons. The summed E-state index contributed by atoms with van der Waals surface area (Å²) in [7, 11) is 0. The Morgan fingerprint density at radius 3 is 2.65 bits per heavy atom. The highest BCUT2D eigenvalue weighted by molar-refractivity contribution is 5.12. The third-order valence-corrected chi connectivity index (χ3v) is 4.37. The Morgan fingerprint density at radius 1 is 1.53 bits per heavy atom. The van der Waals surface area contributed by atoms with Crippen molar-refractivity contribution < 1.29 is 10.2 Å². The minimum Gasteiger partial charge on any atom is -0.393 e. The topological polar surface area (TPSA) is 40.5 Å². The predicted molar refractivity (Wildman–Crippen MR) is 71.7 cm³/mol. The maximum Gasteiger partial charge on any atom is 0.0797 e. The van der Waals surface area contributed by atoms with Crippen LogP contribution in [-0.2, 0) is 0 Å². The fourth-order valence-corrected chi connectivity index (χ4v) is 2.74. The normalized spacial score (nSPS) is 31.9. The number of rotatable bonds is 4. The van der Waals surface area contributed by atoms with Crippen molar-refractivity contribution in [1.82, 2.24) is 0 Å². The second-order valence-corrected chi connectivity index (χ2v) is 6.19. The molecule has 17 heavy (non-hydrogen) atoms. The molecule has 0 spiro atoms. The number of hydrogen-bond acceptors (Lipinski definition) is 2. The molecular weight excluding hydrogens is 212 g/mol. The van der Waals surface area contributed by atoms with Gasteiger partial charge in [0.25, 0.3) is 0 Å². The van der Waals surface area contributed by atoms with Crippen LogP contribution in [0.3, 0.4) is 0 Å². The Kier molecular flexibility index (Phi) is 4.21. The largest absolute Gasteiger partial charge is 0.393 e. The molecule has 0 unspecified atom stereocenters. The quantitative estimate of drug-likeness (QED) is 0.739. The molecule has 1 aliphatic carbocycles. The molecule has 3 atom stereocenters. The summed E-state index contributed by atoms with van der Waals surface area (Å²) in [5.41, 5.74) is 0.242. The maximum atomic E-state index is 10.1. The van der Waals surface area contributed by atoms with E-state index in [1.165, 1.54) is 5.57 Å². The second-order valence-electron chi connectivity index (χ2n) is 6.19. The molecular formula is C15H26O2. The molecule has 0 aromatic rings. The van der Waals surface area contributed by atoms with Gasteiger partial charge in [-0.1, -0.05) is 32.1 Å². The van der Waals surface area contributed by atoms with Crippen LogP contribution in [0.2, 0.25) is 0 Å². The van der Waals surface area contributed by atoms with Crippen LogP contribution in [0.1, 0.15) is 46.5 Å². The van der Waals surface area contributed by atoms with Crippen molar-refractivity contribution in [1.29, 1.82) is 0 Å². The second kappa shape index (κ2) is 4.95. The molecule has 0 saturated heterocycles. The van der Waals surface area contributed by atoms with Crippen molar-refractivity contribution >= 4 is 0 Å². The molecule has 1 aliphatic rings. The Balaban J connectivity index is 2.73. The van der Waals surface area contributed by atoms with E-state index in [1.807, 2.05) is 0 Å². The van der Waals surface area contributed by atoms with Crippen molar-refractivity contribution in [2.75, 3.05) is 0 Å². The van der Waals surface area contributed by atoms with Gasteiger partial charge in [0.1, 0.15) is 0 Å². The molecule has 0 aliphatic heterocycles. The van der Waals surface area contributed by atoms with Crippen molar-refractivity contribution in [3.63, 3.8) is 0 Å². The zero-order valence-electron chi connectivity index (χ0n) is 11.4. The van der Waals surface area contributed by atoms with Gasteiger partial charge in [-0.05, 0) is 43.9 Å². The molecule has 1 rings (SSSR count). The van der Waals surface area contributed by atoms with Gasteiger partial charge in [0.05, 0.1) is 11.7 Å². The lowest BCUT2D eigenvalue weighted by molar-refractivity contribution is -0.0160. The van der Waals surface area contributed by atoms with Gasteiger partial charge in [-0.3, -0.25) is 0 Å². The highest BCUT2D eigenvalue weighted by Gasteiger charge is 2.41. The van der Waals surface area contributed by atoms with Crippen molar-refractivity contribution in [2.45, 2.75) is 58.2 Å². The molecule has 2 nitrogen and oxygen atoms in total. The van der Waals surface area contributed by atoms with Crippen LogP contribution in [-0.4, -0.2) is 21.9 Å². The van der Waals surface area contributed by atoms with Crippen LogP contribution in [0.5, 0.6) is 0 Å². The summed E-state index contributed by atoms with van der Waals surface area (Å²) >= 11 is 0. The van der Waals surface area contributed by atoms with Gasteiger partial charge in [0.15, 0.2) is 0 Å². The average Bonchev–Trinajstić information content (AvgIpc) is 2.23. The summed E-state index contributed by atoms with van der Waals surface area (Å²) in [6.07, 6.45) is 4.53. The van der Waals surface area contributed by atoms with Gasteiger partial charge in [-0.2, -0.15) is 0 Å². The zero-order chi connectivity index (χ0) is 13.3. The fraction of sp³-hybridized carbons (Fsp3) is 0.733. The summed E-state index contributed by atoms with van der Waals surface area (Å²) in [5.74, 6) is 0.276. The van der Waals surface area contributed by atoms with Crippen LogP contribution in [0.25, 0.3) is 0 Å². The Bertz CT molecular complexity index is 302. The first-order valence-corrected chi connectivity index (χ1v) is 6.42. The molecule has 0 bridgehead atoms. The number of aliphatic hydroxyl groups is 2. The first kappa shape index (κ1) is 14.5. The van der Waals surface area contributed by atoms with Crippen LogP contribution in [0.4, 0.5) is 0 Å². The standard InChI is InChI=1S/C15H26O2/c1-6-15(5,17)10-9-12-11(2)7-8-13(16)14(12,3)4/h6,12-13,16-17H,1-2,7-10H2,3-5H3/t12-,13+,15+/m1/s1. The molecule has 1 saturated carbocycles. The number of hydrogen-bond donors (Lipinski definition) is 2. The lowest BCUT2D eigenvalue weighted by Gasteiger charge is -2.44. The van der Waals surface area contributed by atoms with Crippen LogP contribution >= 0.6 is 0 Å². The summed E-state index contributed by atoms with van der Waals surface area (Å²) in [4.78, 5) is 0. The van der Waals surface area contributed by atoms with E-state index in [1.54, 1.807) is 13.0 Å². The molecule has 0 heterocycles. The molecule has 0 aromatic heterocycles. The molecule has 1 fully saturated rings. The molecule has 0 radical (unpaired) electrons. The maximum absolute atomic E-state index is 10.1. The summed E-state index contributed by atoms with van der Waals surface area (Å²) in [6, 6.07) is 0. The highest BCUT2D eigenvalue weighted by atomic mass is 16.3. The SMILES string of the molecule is C=C[C@](C)(O)CC[C@@H]1C(=C)CC[C@H](O)C1(C)C. The number of allylic oxidation sites excluding steroid dienone is 1. The fourth-order valence-electron chi connectivity index (χ4n) is 2.74. The molecule has 2 heteroatoms. The van der Waals surface area contributed by atoms with E-state index in [2.05, 4.69) is 27.0 Å². The first-order chi connectivity index (χ1) is 7.70. The monoisotopic (exact) mass is 238 g/mol. The highest BCUT2D eigenvalue weighted by Crippen LogP contribution is 2.46. The first-order valence-electron chi connectivity index (χ1n) is 6.42. The van der Waals surface area contributed by atoms with Crippen molar-refractivity contribution in [2.24, 2.45) is 11.3 Å². The molecule has 0 amide bonds. The van der Waals surface area contributed by atoms with E-state index >= 15 is 0 Å². The van der Waals surface area contributed by atoms with Gasteiger partial charge >= 0.3 is 0 Å².